The van der Waals surface area contributed by atoms with E-state index in [9.17, 15) is 0 Å². The van der Waals surface area contributed by atoms with Gasteiger partial charge in [-0.25, -0.2) is 4.98 Å². The van der Waals surface area contributed by atoms with Crippen molar-refractivity contribution in [3.63, 3.8) is 0 Å². The van der Waals surface area contributed by atoms with Gasteiger partial charge in [0.05, 0.1) is 11.0 Å². The lowest BCUT2D eigenvalue weighted by Crippen LogP contribution is -2.27. The van der Waals surface area contributed by atoms with Gasteiger partial charge in [0.1, 0.15) is 5.82 Å². The molecule has 0 amide bonds. The molecule has 4 nitrogen and oxygen atoms in total. The number of piperidine rings is 1. The van der Waals surface area contributed by atoms with Crippen LogP contribution < -0.4 is 10.2 Å². The van der Waals surface area contributed by atoms with E-state index in [1.54, 1.807) is 0 Å². The summed E-state index contributed by atoms with van der Waals surface area (Å²) in [4.78, 5) is 10.7. The zero-order valence-electron chi connectivity index (χ0n) is 12.4. The van der Waals surface area contributed by atoms with Crippen molar-refractivity contribution in [3.8, 4) is 0 Å². The number of hydrogen-bond acceptors (Lipinski definition) is 3. The van der Waals surface area contributed by atoms with E-state index >= 15 is 0 Å². The Hall–Kier alpha value is -1.55. The number of imidazole rings is 1. The highest BCUT2D eigenvalue weighted by Gasteiger charge is 2.18. The minimum Gasteiger partial charge on any atom is -0.372 e. The molecule has 0 unspecified atom stereocenters. The van der Waals surface area contributed by atoms with Crippen LogP contribution in [0.4, 0.5) is 5.69 Å². The van der Waals surface area contributed by atoms with Gasteiger partial charge in [-0.2, -0.15) is 0 Å². The van der Waals surface area contributed by atoms with E-state index in [1.807, 2.05) is 0 Å². The molecule has 0 saturated carbocycles. The van der Waals surface area contributed by atoms with Crippen molar-refractivity contribution in [2.75, 3.05) is 31.1 Å². The topological polar surface area (TPSA) is 44.0 Å². The van der Waals surface area contributed by atoms with E-state index in [0.717, 1.165) is 37.5 Å². The van der Waals surface area contributed by atoms with Crippen LogP contribution in [-0.4, -0.2) is 36.1 Å². The maximum Gasteiger partial charge on any atom is 0.110 e. The number of hydrogen-bond donors (Lipinski definition) is 2. The van der Waals surface area contributed by atoms with Crippen LogP contribution in [0.25, 0.3) is 11.0 Å². The molecule has 108 valence electrons. The number of nitrogens with zero attached hydrogens (tertiary/aromatic N) is 2. The molecule has 1 saturated heterocycles. The van der Waals surface area contributed by atoms with Gasteiger partial charge >= 0.3 is 0 Å². The van der Waals surface area contributed by atoms with Crippen LogP contribution in [-0.2, 0) is 0 Å². The average molecular weight is 272 g/mol. The second kappa shape index (κ2) is 5.83. The van der Waals surface area contributed by atoms with E-state index < -0.39 is 0 Å². The van der Waals surface area contributed by atoms with E-state index in [4.69, 9.17) is 4.98 Å². The SMILES string of the molecule is CCN(CC)c1ccc2nc(C3CCNCC3)[nH]c2c1. The van der Waals surface area contributed by atoms with Crippen molar-refractivity contribution in [1.82, 2.24) is 15.3 Å². The van der Waals surface area contributed by atoms with Crippen LogP contribution in [0, 0.1) is 0 Å². The predicted octanol–water partition coefficient (Wildman–Crippen LogP) is 2.88. The van der Waals surface area contributed by atoms with Gasteiger partial charge in [-0.15, -0.1) is 0 Å². The van der Waals surface area contributed by atoms with Crippen LogP contribution in [0.2, 0.25) is 0 Å². The fraction of sp³-hybridized carbons (Fsp3) is 0.562. The van der Waals surface area contributed by atoms with Crippen molar-refractivity contribution in [3.05, 3.63) is 24.0 Å². The molecule has 1 aromatic carbocycles. The summed E-state index contributed by atoms with van der Waals surface area (Å²) in [6.07, 6.45) is 2.37. The van der Waals surface area contributed by atoms with Gasteiger partial charge < -0.3 is 15.2 Å². The normalized spacial score (nSPS) is 16.7. The van der Waals surface area contributed by atoms with Gasteiger partial charge in [-0.1, -0.05) is 0 Å². The number of fused-ring (bicyclic) bond motifs is 1. The van der Waals surface area contributed by atoms with Gasteiger partial charge in [0.25, 0.3) is 0 Å². The highest BCUT2D eigenvalue weighted by atomic mass is 15.1. The minimum absolute atomic E-state index is 0.584. The Labute approximate surface area is 120 Å². The van der Waals surface area contributed by atoms with Crippen LogP contribution in [0.3, 0.4) is 0 Å². The molecule has 1 aliphatic rings. The van der Waals surface area contributed by atoms with Gasteiger partial charge in [-0.05, 0) is 58.0 Å². The smallest absolute Gasteiger partial charge is 0.110 e. The van der Waals surface area contributed by atoms with Crippen molar-refractivity contribution >= 4 is 16.7 Å². The van der Waals surface area contributed by atoms with Crippen molar-refractivity contribution < 1.29 is 0 Å². The number of nitrogens with one attached hydrogen (secondary N) is 2. The molecule has 2 N–H and O–H groups in total. The molecule has 0 aliphatic carbocycles. The number of aromatic amines is 1. The molecule has 3 rings (SSSR count). The molecular weight excluding hydrogens is 248 g/mol. The Morgan fingerprint density at radius 1 is 1.20 bits per heavy atom. The molecule has 0 spiro atoms. The van der Waals surface area contributed by atoms with Crippen LogP contribution in [0.5, 0.6) is 0 Å². The summed E-state index contributed by atoms with van der Waals surface area (Å²) in [5, 5.41) is 3.41. The largest absolute Gasteiger partial charge is 0.372 e. The van der Waals surface area contributed by atoms with Gasteiger partial charge in [-0.3, -0.25) is 0 Å². The fourth-order valence-electron chi connectivity index (χ4n) is 3.09. The van der Waals surface area contributed by atoms with Crippen LogP contribution in [0.1, 0.15) is 38.4 Å². The monoisotopic (exact) mass is 272 g/mol. The maximum atomic E-state index is 4.79. The molecule has 1 aromatic heterocycles. The van der Waals surface area contributed by atoms with Gasteiger partial charge in [0.15, 0.2) is 0 Å². The summed E-state index contributed by atoms with van der Waals surface area (Å²) >= 11 is 0. The molecule has 4 heteroatoms. The number of aromatic nitrogens is 2. The number of anilines is 1. The quantitative estimate of drug-likeness (QED) is 0.899. The van der Waals surface area contributed by atoms with Gasteiger partial charge in [0, 0.05) is 24.7 Å². The first-order valence-electron chi connectivity index (χ1n) is 7.77. The summed E-state index contributed by atoms with van der Waals surface area (Å²) < 4.78 is 0. The molecule has 20 heavy (non-hydrogen) atoms. The highest BCUT2D eigenvalue weighted by Crippen LogP contribution is 2.27. The molecule has 1 aliphatic heterocycles. The predicted molar refractivity (Wildman–Crippen MR) is 84.5 cm³/mol. The summed E-state index contributed by atoms with van der Waals surface area (Å²) in [6.45, 7) is 8.68. The maximum absolute atomic E-state index is 4.79. The second-order valence-corrected chi connectivity index (χ2v) is 5.52. The van der Waals surface area contributed by atoms with Crippen molar-refractivity contribution in [1.29, 1.82) is 0 Å². The first-order chi connectivity index (χ1) is 9.81. The van der Waals surface area contributed by atoms with E-state index in [-0.39, 0.29) is 0 Å². The molecule has 2 aromatic rings. The van der Waals surface area contributed by atoms with Crippen LogP contribution in [0.15, 0.2) is 18.2 Å². The first-order valence-corrected chi connectivity index (χ1v) is 7.77. The molecule has 0 radical (unpaired) electrons. The Bertz CT molecular complexity index is 565. The van der Waals surface area contributed by atoms with E-state index in [1.165, 1.54) is 24.0 Å². The Balaban J connectivity index is 1.90. The molecule has 0 atom stereocenters. The van der Waals surface area contributed by atoms with Gasteiger partial charge in [0.2, 0.25) is 0 Å². The van der Waals surface area contributed by atoms with Crippen molar-refractivity contribution in [2.24, 2.45) is 0 Å². The zero-order chi connectivity index (χ0) is 13.9. The lowest BCUT2D eigenvalue weighted by atomic mass is 9.98. The number of H-pyrrole nitrogens is 1. The Morgan fingerprint density at radius 2 is 1.95 bits per heavy atom. The lowest BCUT2D eigenvalue weighted by molar-refractivity contribution is 0.448. The molecular formula is C16H24N4. The fourth-order valence-corrected chi connectivity index (χ4v) is 3.09. The Morgan fingerprint density at radius 3 is 2.65 bits per heavy atom. The van der Waals surface area contributed by atoms with Crippen molar-refractivity contribution in [2.45, 2.75) is 32.6 Å². The summed E-state index contributed by atoms with van der Waals surface area (Å²) in [5.74, 6) is 1.75. The van der Waals surface area contributed by atoms with Crippen LogP contribution >= 0.6 is 0 Å². The number of benzene rings is 1. The molecule has 0 bridgehead atoms. The molecule has 2 heterocycles. The number of rotatable bonds is 4. The first kappa shape index (κ1) is 13.4. The lowest BCUT2D eigenvalue weighted by Gasteiger charge is -2.20. The third-order valence-corrected chi connectivity index (χ3v) is 4.34. The highest BCUT2D eigenvalue weighted by molar-refractivity contribution is 5.79. The van der Waals surface area contributed by atoms with E-state index in [2.05, 4.69) is 47.2 Å². The second-order valence-electron chi connectivity index (χ2n) is 5.52. The summed E-state index contributed by atoms with van der Waals surface area (Å²) in [6, 6.07) is 6.56. The minimum atomic E-state index is 0.584. The summed E-state index contributed by atoms with van der Waals surface area (Å²) in [7, 11) is 0. The Kier molecular flexibility index (Phi) is 3.92. The molecule has 1 fully saturated rings. The summed E-state index contributed by atoms with van der Waals surface area (Å²) in [5.41, 5.74) is 3.54. The zero-order valence-corrected chi connectivity index (χ0v) is 12.4. The standard InChI is InChI=1S/C16H24N4/c1-3-20(4-2)13-5-6-14-15(11-13)19-16(18-14)12-7-9-17-10-8-12/h5-6,11-12,17H,3-4,7-10H2,1-2H3,(H,18,19). The third-order valence-electron chi connectivity index (χ3n) is 4.34. The van der Waals surface area contributed by atoms with E-state index in [0.29, 0.717) is 5.92 Å². The average Bonchev–Trinajstić information content (AvgIpc) is 2.93. The third kappa shape index (κ3) is 2.52.